The quantitative estimate of drug-likeness (QED) is 0.295. The van der Waals surface area contributed by atoms with Crippen LogP contribution in [0.2, 0.25) is 0 Å². The first kappa shape index (κ1) is 17.4. The Balaban J connectivity index is 1.62. The molecule has 0 saturated carbocycles. The second kappa shape index (κ2) is 6.55. The van der Waals surface area contributed by atoms with Crippen LogP contribution in [0.1, 0.15) is 0 Å². The Hall–Kier alpha value is -3.41. The first-order valence-corrected chi connectivity index (χ1v) is 11.2. The van der Waals surface area contributed by atoms with Gasteiger partial charge in [0.05, 0.1) is 11.4 Å². The van der Waals surface area contributed by atoms with Gasteiger partial charge in [-0.2, -0.15) is 0 Å². The summed E-state index contributed by atoms with van der Waals surface area (Å²) in [6.45, 7) is 0. The Morgan fingerprint density at radius 3 is 1.83 bits per heavy atom. The third kappa shape index (κ3) is 2.53. The summed E-state index contributed by atoms with van der Waals surface area (Å²) in [6.07, 6.45) is 1.70. The van der Waals surface area contributed by atoms with Crippen LogP contribution in [0, 0.1) is 0 Å². The van der Waals surface area contributed by atoms with E-state index in [-0.39, 0.29) is 0 Å². The fourth-order valence-electron chi connectivity index (χ4n) is 4.13. The average molecular weight is 411 g/mol. The molecule has 0 bridgehead atoms. The summed E-state index contributed by atoms with van der Waals surface area (Å²) in [5, 5.41) is 0. The number of anilines is 3. The minimum atomic E-state index is -1.11. The van der Waals surface area contributed by atoms with Gasteiger partial charge in [-0.15, -0.1) is 0 Å². The van der Waals surface area contributed by atoms with E-state index in [1.165, 1.54) is 0 Å². The van der Waals surface area contributed by atoms with Gasteiger partial charge in [-0.05, 0) is 65.3 Å². The predicted molar refractivity (Wildman–Crippen MR) is 119 cm³/mol. The van der Waals surface area contributed by atoms with Crippen molar-refractivity contribution in [2.45, 2.75) is 4.90 Å². The zero-order valence-electron chi connectivity index (χ0n) is 16.2. The molecule has 146 valence electrons. The standard InChI is InChI=1S/C25H17NO3S/c1-30(27)24-13-7-2-8-17(24)16-14-22-25-23(15-16)29-21-12-6-4-10-19(21)26(25)18-9-3-5-11-20(18)28-22/h2-15H,1H3. The molecule has 0 aromatic heterocycles. The van der Waals surface area contributed by atoms with E-state index in [0.29, 0.717) is 11.5 Å². The highest BCUT2D eigenvalue weighted by molar-refractivity contribution is 7.90. The first-order chi connectivity index (χ1) is 14.7. The number of hydrogen-bond acceptors (Lipinski definition) is 4. The van der Waals surface area contributed by atoms with Gasteiger partial charge in [-0.3, -0.25) is 4.90 Å². The molecule has 4 nitrogen and oxygen atoms in total. The fourth-order valence-corrected chi connectivity index (χ4v) is 4.90. The monoisotopic (exact) mass is 411 g/mol. The van der Waals surface area contributed by atoms with Gasteiger partial charge >= 0.3 is 0 Å². The highest BCUT2D eigenvalue weighted by Gasteiger charge is 2.35. The molecule has 0 saturated heterocycles. The second-order valence-electron chi connectivity index (χ2n) is 7.25. The summed E-state index contributed by atoms with van der Waals surface area (Å²) in [5.41, 5.74) is 4.66. The molecular formula is C25H17NO3S. The van der Waals surface area contributed by atoms with Gasteiger partial charge in [0.1, 0.15) is 11.9 Å². The van der Waals surface area contributed by atoms with Gasteiger partial charge in [0.2, 0.25) is 0 Å². The SMILES string of the molecule is C[S+]([O-])c1ccccc1-c1cc2c3c(c1)Oc1ccccc1N3c1ccccc1O2. The lowest BCUT2D eigenvalue weighted by Gasteiger charge is -2.38. The highest BCUT2D eigenvalue weighted by Crippen LogP contribution is 2.60. The Morgan fingerprint density at radius 2 is 1.23 bits per heavy atom. The molecule has 5 heteroatoms. The van der Waals surface area contributed by atoms with Crippen LogP contribution in [-0.2, 0) is 11.2 Å². The summed E-state index contributed by atoms with van der Waals surface area (Å²) in [6, 6.07) is 27.7. The summed E-state index contributed by atoms with van der Waals surface area (Å²) < 4.78 is 24.9. The molecule has 6 rings (SSSR count). The Morgan fingerprint density at radius 1 is 0.700 bits per heavy atom. The average Bonchev–Trinajstić information content (AvgIpc) is 2.78. The molecule has 0 fully saturated rings. The van der Waals surface area contributed by atoms with Crippen molar-refractivity contribution in [3.05, 3.63) is 84.9 Å². The largest absolute Gasteiger partial charge is 0.612 e. The van der Waals surface area contributed by atoms with Crippen LogP contribution in [0.25, 0.3) is 11.1 Å². The molecular weight excluding hydrogens is 394 g/mol. The Kier molecular flexibility index (Phi) is 3.81. The first-order valence-electron chi connectivity index (χ1n) is 9.65. The van der Waals surface area contributed by atoms with Crippen molar-refractivity contribution in [2.75, 3.05) is 11.2 Å². The smallest absolute Gasteiger partial charge is 0.160 e. The number of rotatable bonds is 2. The van der Waals surface area contributed by atoms with E-state index >= 15 is 0 Å². The predicted octanol–water partition coefficient (Wildman–Crippen LogP) is 6.77. The van der Waals surface area contributed by atoms with Gasteiger partial charge in [-0.1, -0.05) is 36.4 Å². The number of hydrogen-bond donors (Lipinski definition) is 0. The summed E-state index contributed by atoms with van der Waals surface area (Å²) in [7, 11) is 0. The molecule has 2 heterocycles. The van der Waals surface area contributed by atoms with E-state index in [9.17, 15) is 4.55 Å². The number of fused-ring (bicyclic) bond motifs is 4. The van der Waals surface area contributed by atoms with Crippen LogP contribution in [0.4, 0.5) is 17.1 Å². The van der Waals surface area contributed by atoms with Crippen LogP contribution >= 0.6 is 0 Å². The lowest BCUT2D eigenvalue weighted by atomic mass is 10.0. The molecule has 1 atom stereocenters. The van der Waals surface area contributed by atoms with Crippen LogP contribution in [-0.4, -0.2) is 10.8 Å². The maximum absolute atomic E-state index is 12.3. The lowest BCUT2D eigenvalue weighted by Crippen LogP contribution is -2.20. The fraction of sp³-hybridized carbons (Fsp3) is 0.0400. The molecule has 0 radical (unpaired) electrons. The van der Waals surface area contributed by atoms with Crippen molar-refractivity contribution in [3.63, 3.8) is 0 Å². The molecule has 1 unspecified atom stereocenters. The third-order valence-corrected chi connectivity index (χ3v) is 6.40. The van der Waals surface area contributed by atoms with Gasteiger partial charge in [0, 0.05) is 5.56 Å². The van der Waals surface area contributed by atoms with E-state index in [4.69, 9.17) is 9.47 Å². The van der Waals surface area contributed by atoms with E-state index < -0.39 is 11.2 Å². The van der Waals surface area contributed by atoms with Gasteiger partial charge in [0.25, 0.3) is 0 Å². The number of benzene rings is 4. The molecule has 0 spiro atoms. The molecule has 2 aliphatic rings. The Bertz CT molecular complexity index is 1230. The van der Waals surface area contributed by atoms with Crippen molar-refractivity contribution in [1.82, 2.24) is 0 Å². The maximum Gasteiger partial charge on any atom is 0.160 e. The number of nitrogens with zero attached hydrogens (tertiary/aromatic N) is 1. The van der Waals surface area contributed by atoms with Crippen LogP contribution in [0.15, 0.2) is 89.8 Å². The topological polar surface area (TPSA) is 44.8 Å². The van der Waals surface area contributed by atoms with Gasteiger partial charge in [0.15, 0.2) is 27.9 Å². The zero-order chi connectivity index (χ0) is 20.2. The minimum absolute atomic E-state index is 0.715. The van der Waals surface area contributed by atoms with E-state index in [2.05, 4.69) is 4.90 Å². The maximum atomic E-state index is 12.3. The molecule has 4 aromatic carbocycles. The molecule has 30 heavy (non-hydrogen) atoms. The molecule has 0 amide bonds. The number of para-hydroxylation sites is 4. The molecule has 0 aliphatic carbocycles. The molecule has 4 aromatic rings. The summed E-state index contributed by atoms with van der Waals surface area (Å²) >= 11 is -1.11. The molecule has 2 aliphatic heterocycles. The van der Waals surface area contributed by atoms with Crippen molar-refractivity contribution in [1.29, 1.82) is 0 Å². The van der Waals surface area contributed by atoms with Crippen molar-refractivity contribution < 1.29 is 14.0 Å². The van der Waals surface area contributed by atoms with Crippen LogP contribution in [0.5, 0.6) is 23.0 Å². The molecule has 0 N–H and O–H groups in total. The Labute approximate surface area is 177 Å². The van der Waals surface area contributed by atoms with Crippen molar-refractivity contribution >= 4 is 28.2 Å². The van der Waals surface area contributed by atoms with Crippen molar-refractivity contribution in [2.24, 2.45) is 0 Å². The van der Waals surface area contributed by atoms with Gasteiger partial charge < -0.3 is 14.0 Å². The van der Waals surface area contributed by atoms with Crippen LogP contribution < -0.4 is 14.4 Å². The summed E-state index contributed by atoms with van der Waals surface area (Å²) in [5.74, 6) is 3.01. The van der Waals surface area contributed by atoms with Crippen LogP contribution in [0.3, 0.4) is 0 Å². The van der Waals surface area contributed by atoms with Gasteiger partial charge in [-0.25, -0.2) is 0 Å². The van der Waals surface area contributed by atoms with E-state index in [0.717, 1.165) is 44.6 Å². The lowest BCUT2D eigenvalue weighted by molar-refractivity contribution is 0.446. The summed E-state index contributed by atoms with van der Waals surface area (Å²) in [4.78, 5) is 2.98. The van der Waals surface area contributed by atoms with Crippen molar-refractivity contribution in [3.8, 4) is 34.1 Å². The minimum Gasteiger partial charge on any atom is -0.612 e. The second-order valence-corrected chi connectivity index (χ2v) is 8.59. The highest BCUT2D eigenvalue weighted by atomic mass is 32.2. The number of ether oxygens (including phenoxy) is 2. The van der Waals surface area contributed by atoms with E-state index in [1.807, 2.05) is 84.9 Å². The van der Waals surface area contributed by atoms with E-state index in [1.54, 1.807) is 6.26 Å². The normalized spacial score (nSPS) is 14.0. The third-order valence-electron chi connectivity index (χ3n) is 5.42. The zero-order valence-corrected chi connectivity index (χ0v) is 17.0.